The highest BCUT2D eigenvalue weighted by atomic mass is 35.5. The molecule has 0 radical (unpaired) electrons. The summed E-state index contributed by atoms with van der Waals surface area (Å²) < 4.78 is 5.38. The minimum absolute atomic E-state index is 0.0111. The van der Waals surface area contributed by atoms with Crippen LogP contribution in [0.4, 0.5) is 10.6 Å². The number of anilines is 1. The number of carbonyl (C=O) groups excluding carboxylic acids is 1. The van der Waals surface area contributed by atoms with Crippen molar-refractivity contribution in [2.75, 3.05) is 44.2 Å². The molecule has 0 unspecified atom stereocenters. The van der Waals surface area contributed by atoms with Gasteiger partial charge in [0, 0.05) is 36.6 Å². The number of rotatable bonds is 3. The van der Waals surface area contributed by atoms with Crippen molar-refractivity contribution in [2.45, 2.75) is 6.92 Å². The lowest BCUT2D eigenvalue weighted by Crippen LogP contribution is -2.74. The molecule has 2 saturated heterocycles. The molecule has 1 spiro atoms. The number of carbonyl (C=O) groups is 1. The number of ether oxygens (including phenoxy) is 1. The zero-order valence-electron chi connectivity index (χ0n) is 16.1. The third-order valence-corrected chi connectivity index (χ3v) is 5.67. The van der Waals surface area contributed by atoms with E-state index in [0.717, 1.165) is 32.0 Å². The van der Waals surface area contributed by atoms with Gasteiger partial charge in [-0.1, -0.05) is 17.7 Å². The van der Waals surface area contributed by atoms with Crippen LogP contribution < -0.4 is 4.90 Å². The lowest BCUT2D eigenvalue weighted by atomic mass is 9.73. The highest BCUT2D eigenvalue weighted by Crippen LogP contribution is 2.41. The molecule has 3 aliphatic heterocycles. The molecular weight excluding hydrogens is 392 g/mol. The molecular formula is C20H21ClN6O2. The Morgan fingerprint density at radius 1 is 1.31 bits per heavy atom. The van der Waals surface area contributed by atoms with E-state index in [1.165, 1.54) is 6.20 Å². The summed E-state index contributed by atoms with van der Waals surface area (Å²) >= 11 is 6.02. The molecule has 4 heterocycles. The Kier molecular flexibility index (Phi) is 5.16. The number of halogens is 1. The maximum absolute atomic E-state index is 13.0. The Morgan fingerprint density at radius 3 is 2.76 bits per heavy atom. The number of likely N-dealkylation sites (tertiary alicyclic amines) is 1. The van der Waals surface area contributed by atoms with Crippen LogP contribution >= 0.6 is 11.6 Å². The third-order valence-electron chi connectivity index (χ3n) is 5.32. The lowest BCUT2D eigenvalue weighted by molar-refractivity contribution is -0.00418. The number of hydrogen-bond acceptors (Lipinski definition) is 6. The number of aromatic nitrogens is 2. The number of nitrogens with zero attached hydrogens (tertiary/aromatic N) is 6. The number of nitriles is 1. The first-order valence-corrected chi connectivity index (χ1v) is 9.77. The van der Waals surface area contributed by atoms with Crippen LogP contribution in [0.3, 0.4) is 0 Å². The first-order chi connectivity index (χ1) is 14.0. The minimum Gasteiger partial charge on any atom is -0.497 e. The summed E-state index contributed by atoms with van der Waals surface area (Å²) in [7, 11) is 0. The Bertz CT molecular complexity index is 919. The molecule has 4 rings (SSSR count). The summed E-state index contributed by atoms with van der Waals surface area (Å²) in [5, 5.41) is 9.42. The van der Waals surface area contributed by atoms with Crippen LogP contribution in [-0.2, 0) is 4.74 Å². The summed E-state index contributed by atoms with van der Waals surface area (Å²) in [5.74, 6) is 0.767. The quantitative estimate of drug-likeness (QED) is 0.709. The van der Waals surface area contributed by atoms with Crippen LogP contribution in [0.1, 0.15) is 12.6 Å². The Hall–Kier alpha value is -3.05. The van der Waals surface area contributed by atoms with Gasteiger partial charge < -0.3 is 14.5 Å². The topological polar surface area (TPSA) is 85.6 Å². The van der Waals surface area contributed by atoms with Crippen LogP contribution in [0.2, 0.25) is 0 Å². The molecule has 1 aromatic heterocycles. The van der Waals surface area contributed by atoms with E-state index in [2.05, 4.69) is 14.9 Å². The average molecular weight is 413 g/mol. The van der Waals surface area contributed by atoms with E-state index in [4.69, 9.17) is 21.6 Å². The maximum Gasteiger partial charge on any atom is 0.324 e. The predicted molar refractivity (Wildman–Crippen MR) is 108 cm³/mol. The van der Waals surface area contributed by atoms with E-state index in [1.807, 2.05) is 17.9 Å². The van der Waals surface area contributed by atoms with Crippen LogP contribution in [0.25, 0.3) is 0 Å². The molecule has 9 heteroatoms. The zero-order valence-corrected chi connectivity index (χ0v) is 16.8. The second-order valence-electron chi connectivity index (χ2n) is 7.44. The standard InChI is InChI=1S/C20H21ClN6O2/c1-2-15(21)3-4-17-10-29-6-5-27(17)19(28)26-13-20(14-26)11-25(12-20)18-9-23-16(7-22)8-24-18/h2-4,8-10H,5-6,11-14H2,1H3/b4-3-,15-2+. The third kappa shape index (κ3) is 3.78. The maximum atomic E-state index is 13.0. The molecule has 2 fully saturated rings. The van der Waals surface area contributed by atoms with Gasteiger partial charge in [0.25, 0.3) is 0 Å². The first kappa shape index (κ1) is 19.3. The van der Waals surface area contributed by atoms with Crippen molar-refractivity contribution < 1.29 is 9.53 Å². The molecule has 29 heavy (non-hydrogen) atoms. The SMILES string of the molecule is C/C=C(Cl)\C=C/C1=COCCN1C(=O)N1CC2(C1)CN(c1cnc(C#N)cn1)C2. The first-order valence-electron chi connectivity index (χ1n) is 9.39. The number of amides is 2. The minimum atomic E-state index is -0.0111. The van der Waals surface area contributed by atoms with Crippen molar-refractivity contribution >= 4 is 23.4 Å². The molecule has 0 saturated carbocycles. The molecule has 8 nitrogen and oxygen atoms in total. The van der Waals surface area contributed by atoms with Crippen LogP contribution in [0.5, 0.6) is 0 Å². The number of urea groups is 1. The van der Waals surface area contributed by atoms with Gasteiger partial charge in [0.15, 0.2) is 5.69 Å². The van der Waals surface area contributed by atoms with Crippen molar-refractivity contribution in [1.29, 1.82) is 5.26 Å². The summed E-state index contributed by atoms with van der Waals surface area (Å²) in [6.07, 6.45) is 10.0. The fourth-order valence-electron chi connectivity index (χ4n) is 3.81. The molecule has 1 aromatic rings. The van der Waals surface area contributed by atoms with E-state index < -0.39 is 0 Å². The summed E-state index contributed by atoms with van der Waals surface area (Å²) in [5.41, 5.74) is 1.12. The van der Waals surface area contributed by atoms with Crippen molar-refractivity contribution in [3.8, 4) is 6.07 Å². The molecule has 3 aliphatic rings. The lowest BCUT2D eigenvalue weighted by Gasteiger charge is -2.60. The van der Waals surface area contributed by atoms with E-state index in [1.54, 1.807) is 35.6 Å². The highest BCUT2D eigenvalue weighted by Gasteiger charge is 2.54. The molecule has 2 amide bonds. The second-order valence-corrected chi connectivity index (χ2v) is 7.87. The second kappa shape index (κ2) is 7.76. The molecule has 0 N–H and O–H groups in total. The van der Waals surface area contributed by atoms with Crippen molar-refractivity contribution in [2.24, 2.45) is 5.41 Å². The Labute approximate surface area is 174 Å². The van der Waals surface area contributed by atoms with Gasteiger partial charge in [0.2, 0.25) is 0 Å². The van der Waals surface area contributed by atoms with Gasteiger partial charge in [-0.3, -0.25) is 4.90 Å². The largest absolute Gasteiger partial charge is 0.497 e. The number of hydrogen-bond donors (Lipinski definition) is 0. The predicted octanol–water partition coefficient (Wildman–Crippen LogP) is 2.46. The molecule has 150 valence electrons. The normalized spacial score (nSPS) is 20.7. The van der Waals surface area contributed by atoms with Crippen LogP contribution in [-0.4, -0.2) is 65.1 Å². The van der Waals surface area contributed by atoms with Crippen molar-refractivity contribution in [1.82, 2.24) is 19.8 Å². The molecule has 0 aromatic carbocycles. The molecule has 0 atom stereocenters. The van der Waals surface area contributed by atoms with Gasteiger partial charge in [0.05, 0.1) is 24.6 Å². The van der Waals surface area contributed by atoms with Gasteiger partial charge in [-0.2, -0.15) is 5.26 Å². The summed E-state index contributed by atoms with van der Waals surface area (Å²) in [6, 6.07) is 1.96. The Balaban J connectivity index is 1.33. The van der Waals surface area contributed by atoms with Gasteiger partial charge >= 0.3 is 6.03 Å². The van der Waals surface area contributed by atoms with Gasteiger partial charge in [-0.25, -0.2) is 14.8 Å². The summed E-state index contributed by atoms with van der Waals surface area (Å²) in [4.78, 5) is 27.0. The smallest absolute Gasteiger partial charge is 0.324 e. The summed E-state index contributed by atoms with van der Waals surface area (Å²) in [6.45, 7) is 5.95. The van der Waals surface area contributed by atoms with E-state index in [-0.39, 0.29) is 11.4 Å². The van der Waals surface area contributed by atoms with Crippen molar-refractivity contribution in [3.63, 3.8) is 0 Å². The monoisotopic (exact) mass is 412 g/mol. The van der Waals surface area contributed by atoms with E-state index in [0.29, 0.717) is 29.6 Å². The van der Waals surface area contributed by atoms with E-state index >= 15 is 0 Å². The average Bonchev–Trinajstić information content (AvgIpc) is 2.70. The van der Waals surface area contributed by atoms with E-state index in [9.17, 15) is 4.79 Å². The van der Waals surface area contributed by atoms with Gasteiger partial charge in [-0.05, 0) is 19.1 Å². The van der Waals surface area contributed by atoms with Gasteiger partial charge in [-0.15, -0.1) is 0 Å². The number of allylic oxidation sites excluding steroid dienone is 4. The Morgan fingerprint density at radius 2 is 2.10 bits per heavy atom. The van der Waals surface area contributed by atoms with Gasteiger partial charge in [0.1, 0.15) is 24.8 Å². The van der Waals surface area contributed by atoms with Crippen LogP contribution in [0, 0.1) is 16.7 Å². The molecule has 0 aliphatic carbocycles. The molecule has 0 bridgehead atoms. The highest BCUT2D eigenvalue weighted by molar-refractivity contribution is 6.31. The fraction of sp³-hybridized carbons (Fsp3) is 0.400. The zero-order chi connectivity index (χ0) is 20.4. The van der Waals surface area contributed by atoms with Crippen LogP contribution in [0.15, 0.2) is 47.6 Å². The fourth-order valence-corrected chi connectivity index (χ4v) is 3.88. The van der Waals surface area contributed by atoms with Crippen molar-refractivity contribution in [3.05, 3.63) is 53.3 Å².